The third-order valence-corrected chi connectivity index (χ3v) is 14.5. The molecule has 1 aliphatic heterocycles. The van der Waals surface area contributed by atoms with Crippen LogP contribution in [0, 0.1) is 11.3 Å². The minimum Gasteiger partial charge on any atom is -0.465 e. The fraction of sp³-hybridized carbons (Fsp3) is 0.705. The number of piperidine rings is 1. The van der Waals surface area contributed by atoms with E-state index in [2.05, 4.69) is 143 Å². The van der Waals surface area contributed by atoms with E-state index < -0.39 is 30.4 Å². The Morgan fingerprint density at radius 1 is 0.962 bits per heavy atom. The number of Topliss-reactive ketones (excluding diaryl/α,β-unsaturated/α-hetero) is 1. The number of ketones is 1. The number of esters is 1. The Bertz CT molecular complexity index is 1430. The highest BCUT2D eigenvalue weighted by molar-refractivity contribution is 7.53. The Labute approximate surface area is 318 Å². The van der Waals surface area contributed by atoms with Gasteiger partial charge in [0.15, 0.2) is 0 Å². The van der Waals surface area contributed by atoms with E-state index in [0.717, 1.165) is 31.2 Å². The summed E-state index contributed by atoms with van der Waals surface area (Å²) in [5.74, 6) is 0.131. The normalized spacial score (nSPS) is 24.3. The Balaban J connectivity index is 1.96. The lowest BCUT2D eigenvalue weighted by Crippen LogP contribution is -2.68. The van der Waals surface area contributed by atoms with Gasteiger partial charge in [0, 0.05) is 38.8 Å². The topological polar surface area (TPSA) is 78.0 Å². The Morgan fingerprint density at radius 2 is 1.58 bits per heavy atom. The second-order valence-corrected chi connectivity index (χ2v) is 19.6. The first-order valence-corrected chi connectivity index (χ1v) is 21.5. The minimum atomic E-state index is -1.22. The van der Waals surface area contributed by atoms with E-state index in [-0.39, 0.29) is 34.8 Å². The molecule has 1 aromatic heterocycles. The highest BCUT2D eigenvalue weighted by Crippen LogP contribution is 2.53. The Hall–Kier alpha value is -2.18. The van der Waals surface area contributed by atoms with Crippen LogP contribution in [0.4, 0.5) is 0 Å². The summed E-state index contributed by atoms with van der Waals surface area (Å²) in [6.07, 6.45) is 8.83. The summed E-state index contributed by atoms with van der Waals surface area (Å²) < 4.78 is 13.0. The maximum absolute atomic E-state index is 13.9. The molecule has 1 saturated heterocycles. The van der Waals surface area contributed by atoms with Crippen LogP contribution in [0.3, 0.4) is 0 Å². The first-order valence-electron chi connectivity index (χ1n) is 19.7. The van der Waals surface area contributed by atoms with Crippen molar-refractivity contribution in [2.24, 2.45) is 11.3 Å². The van der Waals surface area contributed by atoms with Gasteiger partial charge < -0.3 is 9.26 Å². The standard InChI is InChI=1S/C44H71N2O5P/c1-15-18-28-49-39(48)38(31-40(6,7)32(4)34-22-20-19-21-23-34)52(14)51-41(8,9)29-36(35-24-26-45-27-25-35)42(10,11)50-46-43(12,16-2)30-37(47)33(5)44(46,13)17-3/h19-27,32-33,36,38H,15-18,28-31H2,1-14H3. The second kappa shape index (κ2) is 18.0. The molecule has 0 spiro atoms. The predicted molar refractivity (Wildman–Crippen MR) is 216 cm³/mol. The average Bonchev–Trinajstić information content (AvgIpc) is 3.10. The van der Waals surface area contributed by atoms with E-state index in [4.69, 9.17) is 14.1 Å². The molecule has 1 aromatic carbocycles. The molecule has 0 aliphatic carbocycles. The van der Waals surface area contributed by atoms with Crippen LogP contribution in [0.5, 0.6) is 0 Å². The zero-order valence-corrected chi connectivity index (χ0v) is 35.9. The average molecular weight is 739 g/mol. The van der Waals surface area contributed by atoms with Crippen molar-refractivity contribution in [1.82, 2.24) is 10.0 Å². The molecule has 3 rings (SSSR count). The van der Waals surface area contributed by atoms with Gasteiger partial charge in [-0.25, -0.2) is 0 Å². The number of hydrogen-bond acceptors (Lipinski definition) is 7. The van der Waals surface area contributed by atoms with Crippen molar-refractivity contribution in [2.75, 3.05) is 13.3 Å². The SMILES string of the molecule is CCCCOC(=O)C(CC(C)(C)C(C)c1ccccc1)P(C)OC(C)(C)CC(c1ccncc1)C(C)(C)ON1C(C)(CC)CC(=O)C(C)C1(C)CC. The van der Waals surface area contributed by atoms with Crippen LogP contribution in [0.25, 0.3) is 0 Å². The minimum absolute atomic E-state index is 0.0893. The lowest BCUT2D eigenvalue weighted by atomic mass is 9.70. The fourth-order valence-corrected chi connectivity index (χ4v) is 10.0. The fourth-order valence-electron chi connectivity index (χ4n) is 7.96. The molecule has 7 atom stereocenters. The molecule has 8 heteroatoms. The van der Waals surface area contributed by atoms with Gasteiger partial charge in [0.2, 0.25) is 0 Å². The molecule has 0 N–H and O–H groups in total. The highest BCUT2D eigenvalue weighted by atomic mass is 31.1. The molecule has 2 aromatic rings. The van der Waals surface area contributed by atoms with Gasteiger partial charge in [-0.1, -0.05) is 85.2 Å². The summed E-state index contributed by atoms with van der Waals surface area (Å²) in [6.45, 7) is 30.7. The third kappa shape index (κ3) is 10.5. The summed E-state index contributed by atoms with van der Waals surface area (Å²) in [6, 6.07) is 14.7. The number of benzene rings is 1. The number of hydroxylamine groups is 2. The van der Waals surface area contributed by atoms with Gasteiger partial charge in [-0.05, 0) is 115 Å². The van der Waals surface area contributed by atoms with E-state index in [9.17, 15) is 9.59 Å². The first-order chi connectivity index (χ1) is 24.2. The summed E-state index contributed by atoms with van der Waals surface area (Å²) in [4.78, 5) is 38.9. The third-order valence-electron chi connectivity index (χ3n) is 12.4. The van der Waals surface area contributed by atoms with Crippen LogP contribution in [0.1, 0.15) is 158 Å². The van der Waals surface area contributed by atoms with Crippen LogP contribution < -0.4 is 0 Å². The number of unbranched alkanes of at least 4 members (excludes halogenated alkanes) is 1. The summed E-state index contributed by atoms with van der Waals surface area (Å²) in [5.41, 5.74) is -0.370. The smallest absolute Gasteiger partial charge is 0.315 e. The highest BCUT2D eigenvalue weighted by Gasteiger charge is 2.56. The van der Waals surface area contributed by atoms with Crippen LogP contribution in [0.2, 0.25) is 0 Å². The van der Waals surface area contributed by atoms with Gasteiger partial charge in [0.1, 0.15) is 11.4 Å². The van der Waals surface area contributed by atoms with E-state index in [1.807, 2.05) is 18.5 Å². The van der Waals surface area contributed by atoms with Crippen LogP contribution in [0.15, 0.2) is 54.9 Å². The summed E-state index contributed by atoms with van der Waals surface area (Å²) in [7, 11) is -1.22. The molecule has 52 heavy (non-hydrogen) atoms. The quantitative estimate of drug-likeness (QED) is 0.0806. The maximum Gasteiger partial charge on any atom is 0.315 e. The summed E-state index contributed by atoms with van der Waals surface area (Å²) >= 11 is 0. The van der Waals surface area contributed by atoms with E-state index in [0.29, 0.717) is 31.7 Å². The molecular weight excluding hydrogens is 667 g/mol. The number of carbonyl (C=O) groups excluding carboxylic acids is 2. The van der Waals surface area contributed by atoms with Gasteiger partial charge >= 0.3 is 5.97 Å². The largest absolute Gasteiger partial charge is 0.465 e. The van der Waals surface area contributed by atoms with Gasteiger partial charge in [-0.2, -0.15) is 5.06 Å². The van der Waals surface area contributed by atoms with Crippen molar-refractivity contribution in [3.8, 4) is 0 Å². The maximum atomic E-state index is 13.9. The van der Waals surface area contributed by atoms with Gasteiger partial charge in [0.25, 0.3) is 0 Å². The molecule has 2 heterocycles. The van der Waals surface area contributed by atoms with Crippen LogP contribution >= 0.6 is 8.15 Å². The Kier molecular flexibility index (Phi) is 15.3. The van der Waals surface area contributed by atoms with E-state index in [1.54, 1.807) is 0 Å². The van der Waals surface area contributed by atoms with Crippen molar-refractivity contribution >= 4 is 19.9 Å². The molecule has 0 amide bonds. The molecule has 1 aliphatic rings. The predicted octanol–water partition coefficient (Wildman–Crippen LogP) is 11.3. The van der Waals surface area contributed by atoms with Gasteiger partial charge in [-0.3, -0.25) is 19.4 Å². The molecule has 0 saturated carbocycles. The van der Waals surface area contributed by atoms with Gasteiger partial charge in [-0.15, -0.1) is 0 Å². The van der Waals surface area contributed by atoms with E-state index in [1.165, 1.54) is 5.56 Å². The number of rotatable bonds is 19. The molecular formula is C44H71N2O5P. The molecule has 292 valence electrons. The molecule has 7 unspecified atom stereocenters. The number of pyridine rings is 1. The molecule has 1 fully saturated rings. The summed E-state index contributed by atoms with van der Waals surface area (Å²) in [5, 5.41) is 2.19. The van der Waals surface area contributed by atoms with E-state index >= 15 is 0 Å². The van der Waals surface area contributed by atoms with Crippen molar-refractivity contribution < 1.29 is 23.7 Å². The first kappa shape index (κ1) is 44.2. The number of nitrogens with zero attached hydrogens (tertiary/aromatic N) is 2. The number of aromatic nitrogens is 1. The van der Waals surface area contributed by atoms with Crippen LogP contribution in [-0.2, 0) is 23.7 Å². The number of hydrogen-bond donors (Lipinski definition) is 0. The van der Waals surface area contributed by atoms with Crippen molar-refractivity contribution in [1.29, 1.82) is 0 Å². The van der Waals surface area contributed by atoms with Gasteiger partial charge in [0.05, 0.1) is 28.9 Å². The van der Waals surface area contributed by atoms with Crippen molar-refractivity contribution in [3.05, 3.63) is 66.0 Å². The zero-order valence-electron chi connectivity index (χ0n) is 35.0. The number of ether oxygens (including phenoxy) is 1. The van der Waals surface area contributed by atoms with Crippen LogP contribution in [-0.4, -0.2) is 63.0 Å². The second-order valence-electron chi connectivity index (χ2n) is 17.7. The molecule has 0 radical (unpaired) electrons. The van der Waals surface area contributed by atoms with Crippen molar-refractivity contribution in [3.63, 3.8) is 0 Å². The van der Waals surface area contributed by atoms with Crippen molar-refractivity contribution in [2.45, 2.75) is 175 Å². The zero-order chi connectivity index (χ0) is 39.1. The molecule has 7 nitrogen and oxygen atoms in total. The lowest BCUT2D eigenvalue weighted by Gasteiger charge is -2.58. The Morgan fingerprint density at radius 3 is 2.13 bits per heavy atom. The monoisotopic (exact) mass is 739 g/mol. The molecule has 0 bridgehead atoms. The number of carbonyl (C=O) groups is 2. The lowest BCUT2D eigenvalue weighted by molar-refractivity contribution is -0.343.